The smallest absolute Gasteiger partial charge is 0.232 e. The van der Waals surface area contributed by atoms with Crippen LogP contribution in [-0.2, 0) is 9.05 Å². The fraction of sp³-hybridized carbons (Fsp3) is 1.00. The molecular weight excluding hydrogens is 222 g/mol. The molecule has 0 saturated heterocycles. The van der Waals surface area contributed by atoms with Gasteiger partial charge in [-0.1, -0.05) is 20.8 Å². The maximum Gasteiger partial charge on any atom is 0.232 e. The molecule has 0 N–H and O–H groups in total. The van der Waals surface area contributed by atoms with Gasteiger partial charge in [0.05, 0.1) is 5.75 Å². The molecule has 0 atom stereocenters. The van der Waals surface area contributed by atoms with Gasteiger partial charge < -0.3 is 4.90 Å². The quantitative estimate of drug-likeness (QED) is 0.640. The maximum absolute atomic E-state index is 10.7. The zero-order valence-electron chi connectivity index (χ0n) is 9.16. The molecule has 0 aliphatic carbocycles. The Morgan fingerprint density at radius 1 is 1.36 bits per heavy atom. The second-order valence-electron chi connectivity index (χ2n) is 3.88. The summed E-state index contributed by atoms with van der Waals surface area (Å²) in [6, 6.07) is 0. The predicted molar refractivity (Wildman–Crippen MR) is 61.2 cm³/mol. The minimum absolute atomic E-state index is 0.0726. The van der Waals surface area contributed by atoms with Gasteiger partial charge in [0, 0.05) is 17.2 Å². The SMILES string of the molecule is CCN(CCCS(=O)(=O)Cl)CC(C)C. The van der Waals surface area contributed by atoms with E-state index in [-0.39, 0.29) is 5.75 Å². The molecule has 0 fully saturated rings. The van der Waals surface area contributed by atoms with Crippen LogP contribution in [0.5, 0.6) is 0 Å². The Balaban J connectivity index is 3.74. The zero-order valence-corrected chi connectivity index (χ0v) is 10.7. The average Bonchev–Trinajstić information content (AvgIpc) is 1.99. The van der Waals surface area contributed by atoms with Crippen LogP contribution in [-0.4, -0.2) is 38.7 Å². The van der Waals surface area contributed by atoms with Crippen molar-refractivity contribution < 1.29 is 8.42 Å². The summed E-state index contributed by atoms with van der Waals surface area (Å²) in [7, 11) is 1.81. The number of halogens is 1. The van der Waals surface area contributed by atoms with Gasteiger partial charge in [-0.25, -0.2) is 8.42 Å². The molecule has 0 aromatic carbocycles. The van der Waals surface area contributed by atoms with Gasteiger partial charge >= 0.3 is 0 Å². The summed E-state index contributed by atoms with van der Waals surface area (Å²) in [4.78, 5) is 2.24. The van der Waals surface area contributed by atoms with Crippen LogP contribution in [0.1, 0.15) is 27.2 Å². The van der Waals surface area contributed by atoms with Gasteiger partial charge in [0.2, 0.25) is 9.05 Å². The van der Waals surface area contributed by atoms with Crippen molar-refractivity contribution in [3.63, 3.8) is 0 Å². The van der Waals surface area contributed by atoms with Crippen molar-refractivity contribution >= 4 is 19.7 Å². The number of nitrogens with zero attached hydrogens (tertiary/aromatic N) is 1. The molecule has 0 aliphatic heterocycles. The number of hydrogen-bond donors (Lipinski definition) is 0. The molecular formula is C9H20ClNO2S. The molecule has 0 heterocycles. The van der Waals surface area contributed by atoms with Crippen LogP contribution in [0.15, 0.2) is 0 Å². The summed E-state index contributed by atoms with van der Waals surface area (Å²) in [5.41, 5.74) is 0. The monoisotopic (exact) mass is 241 g/mol. The molecule has 0 spiro atoms. The standard InChI is InChI=1S/C9H20ClNO2S/c1-4-11(8-9(2)3)6-5-7-14(10,12)13/h9H,4-8H2,1-3H3. The van der Waals surface area contributed by atoms with Crippen molar-refractivity contribution in [3.8, 4) is 0 Å². The molecule has 0 aromatic heterocycles. The molecule has 5 heteroatoms. The Morgan fingerprint density at radius 2 is 1.93 bits per heavy atom. The van der Waals surface area contributed by atoms with Gasteiger partial charge in [0.1, 0.15) is 0 Å². The molecule has 0 amide bonds. The van der Waals surface area contributed by atoms with Crippen molar-refractivity contribution in [2.24, 2.45) is 5.92 Å². The van der Waals surface area contributed by atoms with Gasteiger partial charge in [-0.15, -0.1) is 0 Å². The van der Waals surface area contributed by atoms with Crippen LogP contribution in [0.25, 0.3) is 0 Å². The Labute approximate surface area is 91.9 Å². The second-order valence-corrected chi connectivity index (χ2v) is 6.78. The van der Waals surface area contributed by atoms with Crippen molar-refractivity contribution in [1.29, 1.82) is 0 Å². The third kappa shape index (κ3) is 8.78. The highest BCUT2D eigenvalue weighted by Gasteiger charge is 2.08. The van der Waals surface area contributed by atoms with Gasteiger partial charge in [-0.2, -0.15) is 0 Å². The van der Waals surface area contributed by atoms with Crippen LogP contribution in [0.3, 0.4) is 0 Å². The topological polar surface area (TPSA) is 37.4 Å². The normalized spacial score (nSPS) is 12.7. The largest absolute Gasteiger partial charge is 0.303 e. The number of rotatable bonds is 7. The van der Waals surface area contributed by atoms with E-state index >= 15 is 0 Å². The summed E-state index contributed by atoms with van der Waals surface area (Å²) in [5.74, 6) is 0.686. The molecule has 3 nitrogen and oxygen atoms in total. The highest BCUT2D eigenvalue weighted by atomic mass is 35.7. The minimum atomic E-state index is -3.31. The molecule has 0 aromatic rings. The lowest BCUT2D eigenvalue weighted by atomic mass is 10.2. The summed E-state index contributed by atoms with van der Waals surface area (Å²) < 4.78 is 21.3. The first kappa shape index (κ1) is 14.2. The van der Waals surface area contributed by atoms with E-state index in [4.69, 9.17) is 10.7 Å². The second kappa shape index (κ2) is 6.64. The van der Waals surface area contributed by atoms with E-state index in [1.807, 2.05) is 0 Å². The summed E-state index contributed by atoms with van der Waals surface area (Å²) in [5, 5.41) is 0. The van der Waals surface area contributed by atoms with Gasteiger partial charge in [-0.05, 0) is 25.4 Å². The van der Waals surface area contributed by atoms with E-state index in [9.17, 15) is 8.42 Å². The minimum Gasteiger partial charge on any atom is -0.303 e. The Hall–Kier alpha value is 0.200. The van der Waals surface area contributed by atoms with Crippen LogP contribution >= 0.6 is 10.7 Å². The Kier molecular flexibility index (Phi) is 6.74. The van der Waals surface area contributed by atoms with E-state index in [2.05, 4.69) is 25.7 Å². The van der Waals surface area contributed by atoms with Gasteiger partial charge in [0.25, 0.3) is 0 Å². The lowest BCUT2D eigenvalue weighted by Gasteiger charge is -2.21. The lowest BCUT2D eigenvalue weighted by molar-refractivity contribution is 0.257. The van der Waals surface area contributed by atoms with Crippen LogP contribution in [0.2, 0.25) is 0 Å². The first-order chi connectivity index (χ1) is 6.35. The highest BCUT2D eigenvalue weighted by Crippen LogP contribution is 2.03. The summed E-state index contributed by atoms with van der Waals surface area (Å²) in [6.07, 6.45) is 0.617. The summed E-state index contributed by atoms with van der Waals surface area (Å²) >= 11 is 0. The van der Waals surface area contributed by atoms with Gasteiger partial charge in [-0.3, -0.25) is 0 Å². The van der Waals surface area contributed by atoms with E-state index in [1.54, 1.807) is 0 Å². The highest BCUT2D eigenvalue weighted by molar-refractivity contribution is 8.13. The van der Waals surface area contributed by atoms with Crippen molar-refractivity contribution in [2.75, 3.05) is 25.4 Å². The molecule has 0 bridgehead atoms. The summed E-state index contributed by atoms with van der Waals surface area (Å²) in [6.45, 7) is 9.17. The molecule has 0 rings (SSSR count). The maximum atomic E-state index is 10.7. The Morgan fingerprint density at radius 3 is 2.29 bits per heavy atom. The number of hydrogen-bond acceptors (Lipinski definition) is 3. The van der Waals surface area contributed by atoms with E-state index in [0.717, 1.165) is 19.6 Å². The van der Waals surface area contributed by atoms with E-state index in [0.29, 0.717) is 12.3 Å². The fourth-order valence-electron chi connectivity index (χ4n) is 1.36. The Bertz CT molecular complexity index is 239. The molecule has 0 radical (unpaired) electrons. The third-order valence-corrected chi connectivity index (χ3v) is 3.17. The van der Waals surface area contributed by atoms with Crippen LogP contribution < -0.4 is 0 Å². The molecule has 0 aliphatic rings. The van der Waals surface area contributed by atoms with E-state index in [1.165, 1.54) is 0 Å². The van der Waals surface area contributed by atoms with Gasteiger partial charge in [0.15, 0.2) is 0 Å². The molecule has 86 valence electrons. The fourth-order valence-corrected chi connectivity index (χ4v) is 2.16. The van der Waals surface area contributed by atoms with Crippen LogP contribution in [0.4, 0.5) is 0 Å². The molecule has 14 heavy (non-hydrogen) atoms. The first-order valence-corrected chi connectivity index (χ1v) is 7.47. The van der Waals surface area contributed by atoms with Crippen molar-refractivity contribution in [2.45, 2.75) is 27.2 Å². The first-order valence-electron chi connectivity index (χ1n) is 5.00. The third-order valence-electron chi connectivity index (χ3n) is 1.93. The molecule has 0 saturated carbocycles. The average molecular weight is 242 g/mol. The van der Waals surface area contributed by atoms with Crippen LogP contribution in [0, 0.1) is 5.92 Å². The van der Waals surface area contributed by atoms with Crippen molar-refractivity contribution in [3.05, 3.63) is 0 Å². The van der Waals surface area contributed by atoms with E-state index < -0.39 is 9.05 Å². The lowest BCUT2D eigenvalue weighted by Crippen LogP contribution is -2.29. The molecule has 0 unspecified atom stereocenters. The zero-order chi connectivity index (χ0) is 11.2. The predicted octanol–water partition coefficient (Wildman–Crippen LogP) is 1.92. The van der Waals surface area contributed by atoms with Crippen molar-refractivity contribution in [1.82, 2.24) is 4.90 Å².